The number of halogens is 2. The summed E-state index contributed by atoms with van der Waals surface area (Å²) >= 11 is 0. The Balaban J connectivity index is 2.65. The summed E-state index contributed by atoms with van der Waals surface area (Å²) in [6, 6.07) is 2.67. The summed E-state index contributed by atoms with van der Waals surface area (Å²) in [5.41, 5.74) is -0.343. The molecule has 19 heavy (non-hydrogen) atoms. The SMILES string of the molecule is CCC(CC)C(=O)NCC(=O)c1cc(F)ccc1F. The van der Waals surface area contributed by atoms with Gasteiger partial charge in [0.15, 0.2) is 5.78 Å². The second kappa shape index (κ2) is 6.97. The highest BCUT2D eigenvalue weighted by atomic mass is 19.1. The summed E-state index contributed by atoms with van der Waals surface area (Å²) in [6.07, 6.45) is 1.34. The first kappa shape index (κ1) is 15.3. The van der Waals surface area contributed by atoms with Gasteiger partial charge >= 0.3 is 0 Å². The number of nitrogens with one attached hydrogen (secondary N) is 1. The molecule has 1 aromatic rings. The Morgan fingerprint density at radius 1 is 1.21 bits per heavy atom. The van der Waals surface area contributed by atoms with E-state index in [1.807, 2.05) is 13.8 Å². The molecule has 104 valence electrons. The number of rotatable bonds is 6. The second-order valence-corrected chi connectivity index (χ2v) is 4.28. The molecule has 0 spiro atoms. The van der Waals surface area contributed by atoms with Crippen molar-refractivity contribution >= 4 is 11.7 Å². The van der Waals surface area contributed by atoms with Gasteiger partial charge in [0.25, 0.3) is 0 Å². The molecule has 1 rings (SSSR count). The number of hydrogen-bond acceptors (Lipinski definition) is 2. The average molecular weight is 269 g/mol. The second-order valence-electron chi connectivity index (χ2n) is 4.28. The number of Topliss-reactive ketones (excluding diaryl/α,β-unsaturated/α-hetero) is 1. The molecule has 0 aliphatic heterocycles. The first-order chi connectivity index (χ1) is 8.99. The fraction of sp³-hybridized carbons (Fsp3) is 0.429. The average Bonchev–Trinajstić information content (AvgIpc) is 2.40. The van der Waals surface area contributed by atoms with E-state index in [9.17, 15) is 18.4 Å². The Morgan fingerprint density at radius 3 is 2.42 bits per heavy atom. The van der Waals surface area contributed by atoms with Gasteiger partial charge in [0, 0.05) is 5.92 Å². The largest absolute Gasteiger partial charge is 0.348 e. The third-order valence-electron chi connectivity index (χ3n) is 3.01. The van der Waals surface area contributed by atoms with Crippen LogP contribution in [0.25, 0.3) is 0 Å². The molecule has 1 amide bonds. The maximum Gasteiger partial charge on any atom is 0.223 e. The van der Waals surface area contributed by atoms with E-state index >= 15 is 0 Å². The van der Waals surface area contributed by atoms with Crippen molar-refractivity contribution in [3.63, 3.8) is 0 Å². The van der Waals surface area contributed by atoms with Gasteiger partial charge < -0.3 is 5.32 Å². The van der Waals surface area contributed by atoms with Gasteiger partial charge in [0.1, 0.15) is 11.6 Å². The highest BCUT2D eigenvalue weighted by Gasteiger charge is 2.17. The van der Waals surface area contributed by atoms with Crippen molar-refractivity contribution in [1.82, 2.24) is 5.32 Å². The van der Waals surface area contributed by atoms with Crippen LogP contribution in [0.1, 0.15) is 37.0 Å². The molecular formula is C14H17F2NO2. The zero-order valence-corrected chi connectivity index (χ0v) is 11.0. The molecule has 0 saturated heterocycles. The van der Waals surface area contributed by atoms with Crippen LogP contribution in [0.4, 0.5) is 8.78 Å². The molecule has 0 radical (unpaired) electrons. The molecule has 0 unspecified atom stereocenters. The molecular weight excluding hydrogens is 252 g/mol. The molecule has 0 fully saturated rings. The van der Waals surface area contributed by atoms with E-state index in [4.69, 9.17) is 0 Å². The quantitative estimate of drug-likeness (QED) is 0.807. The van der Waals surface area contributed by atoms with E-state index in [0.29, 0.717) is 12.8 Å². The fourth-order valence-corrected chi connectivity index (χ4v) is 1.78. The molecule has 5 heteroatoms. The molecule has 0 heterocycles. The Morgan fingerprint density at radius 2 is 1.84 bits per heavy atom. The van der Waals surface area contributed by atoms with Crippen molar-refractivity contribution < 1.29 is 18.4 Å². The van der Waals surface area contributed by atoms with E-state index in [2.05, 4.69) is 5.32 Å². The van der Waals surface area contributed by atoms with Crippen molar-refractivity contribution in [2.75, 3.05) is 6.54 Å². The maximum absolute atomic E-state index is 13.3. The van der Waals surface area contributed by atoms with Crippen LogP contribution < -0.4 is 5.32 Å². The lowest BCUT2D eigenvalue weighted by Crippen LogP contribution is -2.34. The normalized spacial score (nSPS) is 10.6. The summed E-state index contributed by atoms with van der Waals surface area (Å²) in [4.78, 5) is 23.4. The van der Waals surface area contributed by atoms with Gasteiger partial charge in [-0.2, -0.15) is 0 Å². The minimum atomic E-state index is -0.789. The molecule has 0 saturated carbocycles. The molecule has 0 aliphatic rings. The minimum Gasteiger partial charge on any atom is -0.348 e. The van der Waals surface area contributed by atoms with Gasteiger partial charge in [-0.05, 0) is 31.0 Å². The van der Waals surface area contributed by atoms with Crippen LogP contribution in [0.15, 0.2) is 18.2 Å². The fourth-order valence-electron chi connectivity index (χ4n) is 1.78. The molecule has 0 bridgehead atoms. The molecule has 0 aromatic heterocycles. The lowest BCUT2D eigenvalue weighted by molar-refractivity contribution is -0.125. The number of benzene rings is 1. The standard InChI is InChI=1S/C14H17F2NO2/c1-3-9(4-2)14(19)17-8-13(18)11-7-10(15)5-6-12(11)16/h5-7,9H,3-4,8H2,1-2H3,(H,17,19). The lowest BCUT2D eigenvalue weighted by atomic mass is 10.0. The topological polar surface area (TPSA) is 46.2 Å². The van der Waals surface area contributed by atoms with Crippen LogP contribution in [-0.2, 0) is 4.79 Å². The predicted octanol–water partition coefficient (Wildman–Crippen LogP) is 2.70. The Hall–Kier alpha value is -1.78. The molecule has 1 aromatic carbocycles. The lowest BCUT2D eigenvalue weighted by Gasteiger charge is -2.12. The summed E-state index contributed by atoms with van der Waals surface area (Å²) in [7, 11) is 0. The van der Waals surface area contributed by atoms with Gasteiger partial charge in [0.05, 0.1) is 12.1 Å². The van der Waals surface area contributed by atoms with Crippen molar-refractivity contribution in [2.45, 2.75) is 26.7 Å². The Bertz CT molecular complexity index is 471. The number of carbonyl (C=O) groups excluding carboxylic acids is 2. The van der Waals surface area contributed by atoms with Crippen molar-refractivity contribution in [1.29, 1.82) is 0 Å². The zero-order valence-electron chi connectivity index (χ0n) is 11.0. The molecule has 3 nitrogen and oxygen atoms in total. The van der Waals surface area contributed by atoms with E-state index in [-0.39, 0.29) is 23.9 Å². The van der Waals surface area contributed by atoms with Crippen molar-refractivity contribution in [2.24, 2.45) is 5.92 Å². The van der Waals surface area contributed by atoms with Crippen LogP contribution in [0, 0.1) is 17.6 Å². The van der Waals surface area contributed by atoms with Gasteiger partial charge in [-0.1, -0.05) is 13.8 Å². The van der Waals surface area contributed by atoms with Crippen LogP contribution in [0.2, 0.25) is 0 Å². The Kier molecular flexibility index (Phi) is 5.60. The van der Waals surface area contributed by atoms with Gasteiger partial charge in [-0.3, -0.25) is 9.59 Å². The van der Waals surface area contributed by atoms with Gasteiger partial charge in [0.2, 0.25) is 5.91 Å². The summed E-state index contributed by atoms with van der Waals surface area (Å²) in [6.45, 7) is 3.43. The third kappa shape index (κ3) is 4.12. The minimum absolute atomic E-state index is 0.162. The van der Waals surface area contributed by atoms with Gasteiger partial charge in [-0.25, -0.2) is 8.78 Å². The molecule has 0 atom stereocenters. The zero-order chi connectivity index (χ0) is 14.4. The monoisotopic (exact) mass is 269 g/mol. The van der Waals surface area contributed by atoms with E-state index in [0.717, 1.165) is 18.2 Å². The summed E-state index contributed by atoms with van der Waals surface area (Å²) < 4.78 is 26.3. The highest BCUT2D eigenvalue weighted by molar-refractivity contribution is 5.99. The number of carbonyl (C=O) groups is 2. The number of ketones is 1. The van der Waals surface area contributed by atoms with Crippen LogP contribution in [-0.4, -0.2) is 18.2 Å². The van der Waals surface area contributed by atoms with E-state index in [1.54, 1.807) is 0 Å². The first-order valence-electron chi connectivity index (χ1n) is 6.25. The summed E-state index contributed by atoms with van der Waals surface area (Å²) in [5.74, 6) is -2.52. The third-order valence-corrected chi connectivity index (χ3v) is 3.01. The summed E-state index contributed by atoms with van der Waals surface area (Å²) in [5, 5.41) is 2.45. The predicted molar refractivity (Wildman–Crippen MR) is 67.8 cm³/mol. The number of hydrogen-bond donors (Lipinski definition) is 1. The first-order valence-corrected chi connectivity index (χ1v) is 6.25. The smallest absolute Gasteiger partial charge is 0.223 e. The van der Waals surface area contributed by atoms with E-state index in [1.165, 1.54) is 0 Å². The van der Waals surface area contributed by atoms with Crippen LogP contribution >= 0.6 is 0 Å². The number of amides is 1. The molecule has 1 N–H and O–H groups in total. The van der Waals surface area contributed by atoms with E-state index < -0.39 is 17.4 Å². The maximum atomic E-state index is 13.3. The Labute approximate surface area is 111 Å². The van der Waals surface area contributed by atoms with Crippen molar-refractivity contribution in [3.8, 4) is 0 Å². The van der Waals surface area contributed by atoms with Crippen LogP contribution in [0.3, 0.4) is 0 Å². The van der Waals surface area contributed by atoms with Crippen LogP contribution in [0.5, 0.6) is 0 Å². The van der Waals surface area contributed by atoms with Crippen molar-refractivity contribution in [3.05, 3.63) is 35.4 Å². The molecule has 0 aliphatic carbocycles. The van der Waals surface area contributed by atoms with Gasteiger partial charge in [-0.15, -0.1) is 0 Å². The highest BCUT2D eigenvalue weighted by Crippen LogP contribution is 2.11.